The highest BCUT2D eigenvalue weighted by molar-refractivity contribution is 6.32. The zero-order valence-electron chi connectivity index (χ0n) is 11.9. The van der Waals surface area contributed by atoms with Gasteiger partial charge in [0.05, 0.1) is 24.9 Å². The first-order valence-electron chi connectivity index (χ1n) is 6.35. The van der Waals surface area contributed by atoms with Crippen LogP contribution in [0.2, 0.25) is 5.02 Å². The molecule has 106 valence electrons. The smallest absolute Gasteiger partial charge is 0.143 e. The first kappa shape index (κ1) is 14.5. The zero-order chi connectivity index (χ0) is 14.5. The van der Waals surface area contributed by atoms with Crippen LogP contribution in [-0.4, -0.2) is 14.2 Å². The lowest BCUT2D eigenvalue weighted by Crippen LogP contribution is -2.03. The Bertz CT molecular complexity index is 599. The van der Waals surface area contributed by atoms with E-state index in [-0.39, 0.29) is 0 Å². The number of aryl methyl sites for hydroxylation is 1. The van der Waals surface area contributed by atoms with Crippen molar-refractivity contribution in [3.63, 3.8) is 0 Å². The Morgan fingerprint density at radius 1 is 1.05 bits per heavy atom. The Morgan fingerprint density at radius 3 is 2.40 bits per heavy atom. The van der Waals surface area contributed by atoms with E-state index >= 15 is 0 Å². The largest absolute Gasteiger partial charge is 0.495 e. The highest BCUT2D eigenvalue weighted by Gasteiger charge is 2.10. The molecule has 4 heteroatoms. The average Bonchev–Trinajstić information content (AvgIpc) is 2.47. The molecule has 0 saturated carbocycles. The highest BCUT2D eigenvalue weighted by Crippen LogP contribution is 2.36. The average molecular weight is 292 g/mol. The van der Waals surface area contributed by atoms with Gasteiger partial charge >= 0.3 is 0 Å². The van der Waals surface area contributed by atoms with Gasteiger partial charge in [-0.15, -0.1) is 0 Å². The van der Waals surface area contributed by atoms with Gasteiger partial charge in [0.2, 0.25) is 0 Å². The third-order valence-electron chi connectivity index (χ3n) is 3.20. The monoisotopic (exact) mass is 291 g/mol. The van der Waals surface area contributed by atoms with E-state index in [1.807, 2.05) is 18.2 Å². The number of nitrogens with one attached hydrogen (secondary N) is 1. The van der Waals surface area contributed by atoms with E-state index in [4.69, 9.17) is 21.1 Å². The molecule has 0 unspecified atom stereocenters. The van der Waals surface area contributed by atoms with Crippen molar-refractivity contribution in [2.24, 2.45) is 0 Å². The van der Waals surface area contributed by atoms with E-state index in [0.29, 0.717) is 23.1 Å². The van der Waals surface area contributed by atoms with Crippen LogP contribution in [0.15, 0.2) is 36.4 Å². The van der Waals surface area contributed by atoms with Gasteiger partial charge < -0.3 is 14.8 Å². The van der Waals surface area contributed by atoms with Gasteiger partial charge in [-0.2, -0.15) is 0 Å². The van der Waals surface area contributed by atoms with Crippen molar-refractivity contribution in [2.75, 3.05) is 19.5 Å². The van der Waals surface area contributed by atoms with Crippen molar-refractivity contribution in [3.05, 3.63) is 52.5 Å². The standard InChI is InChI=1S/C16H18ClNO2/c1-11-6-4-5-7-12(11)10-18-14-9-15(19-2)13(17)8-16(14)20-3/h4-9,18H,10H2,1-3H3. The van der Waals surface area contributed by atoms with Gasteiger partial charge in [-0.1, -0.05) is 35.9 Å². The number of halogens is 1. The summed E-state index contributed by atoms with van der Waals surface area (Å²) in [4.78, 5) is 0. The number of rotatable bonds is 5. The number of ether oxygens (including phenoxy) is 2. The summed E-state index contributed by atoms with van der Waals surface area (Å²) >= 11 is 6.09. The van der Waals surface area contributed by atoms with Crippen LogP contribution in [0.1, 0.15) is 11.1 Å². The fourth-order valence-electron chi connectivity index (χ4n) is 2.00. The molecule has 0 atom stereocenters. The fraction of sp³-hybridized carbons (Fsp3) is 0.250. The Labute approximate surface area is 124 Å². The summed E-state index contributed by atoms with van der Waals surface area (Å²) in [5.41, 5.74) is 3.35. The molecule has 0 aliphatic heterocycles. The first-order valence-corrected chi connectivity index (χ1v) is 6.73. The number of anilines is 1. The van der Waals surface area contributed by atoms with Crippen molar-refractivity contribution in [3.8, 4) is 11.5 Å². The summed E-state index contributed by atoms with van der Waals surface area (Å²) in [5, 5.41) is 3.89. The number of benzene rings is 2. The third-order valence-corrected chi connectivity index (χ3v) is 3.50. The maximum atomic E-state index is 6.09. The molecule has 0 heterocycles. The molecule has 3 nitrogen and oxygen atoms in total. The number of methoxy groups -OCH3 is 2. The van der Waals surface area contributed by atoms with Gasteiger partial charge in [0.15, 0.2) is 0 Å². The van der Waals surface area contributed by atoms with Gasteiger partial charge in [-0.3, -0.25) is 0 Å². The zero-order valence-corrected chi connectivity index (χ0v) is 12.6. The molecular weight excluding hydrogens is 274 g/mol. The minimum atomic E-state index is 0.533. The molecule has 20 heavy (non-hydrogen) atoms. The van der Waals surface area contributed by atoms with Crippen molar-refractivity contribution in [1.82, 2.24) is 0 Å². The molecule has 0 fully saturated rings. The topological polar surface area (TPSA) is 30.5 Å². The molecule has 2 aromatic carbocycles. The van der Waals surface area contributed by atoms with Crippen LogP contribution in [0.3, 0.4) is 0 Å². The number of hydrogen-bond acceptors (Lipinski definition) is 3. The minimum Gasteiger partial charge on any atom is -0.495 e. The molecule has 0 bridgehead atoms. The summed E-state index contributed by atoms with van der Waals surface area (Å²) in [6.07, 6.45) is 0. The first-order chi connectivity index (χ1) is 9.65. The van der Waals surface area contributed by atoms with Gasteiger partial charge in [0.25, 0.3) is 0 Å². The molecule has 0 aliphatic carbocycles. The van der Waals surface area contributed by atoms with Crippen molar-refractivity contribution in [1.29, 1.82) is 0 Å². The van der Waals surface area contributed by atoms with E-state index in [9.17, 15) is 0 Å². The summed E-state index contributed by atoms with van der Waals surface area (Å²) in [7, 11) is 3.22. The second-order valence-corrected chi connectivity index (χ2v) is 4.87. The van der Waals surface area contributed by atoms with E-state index in [0.717, 1.165) is 5.69 Å². The molecule has 0 radical (unpaired) electrons. The minimum absolute atomic E-state index is 0.533. The Kier molecular flexibility index (Phi) is 4.74. The van der Waals surface area contributed by atoms with Crippen LogP contribution in [-0.2, 0) is 6.54 Å². The predicted octanol–water partition coefficient (Wildman–Crippen LogP) is 4.28. The van der Waals surface area contributed by atoms with E-state index in [1.165, 1.54) is 11.1 Å². The summed E-state index contributed by atoms with van der Waals surface area (Å²) in [6.45, 7) is 2.81. The summed E-state index contributed by atoms with van der Waals surface area (Å²) in [6, 6.07) is 11.9. The van der Waals surface area contributed by atoms with Crippen molar-refractivity contribution < 1.29 is 9.47 Å². The van der Waals surface area contributed by atoms with Crippen LogP contribution in [0, 0.1) is 6.92 Å². The summed E-state index contributed by atoms with van der Waals surface area (Å²) < 4.78 is 10.6. The Hall–Kier alpha value is -1.87. The van der Waals surface area contributed by atoms with Gasteiger partial charge in [0.1, 0.15) is 11.5 Å². The lowest BCUT2D eigenvalue weighted by atomic mass is 10.1. The third kappa shape index (κ3) is 3.17. The molecule has 0 aliphatic rings. The molecule has 0 saturated heterocycles. The van der Waals surface area contributed by atoms with Gasteiger partial charge in [-0.05, 0) is 18.1 Å². The SMILES string of the molecule is COc1cc(NCc2ccccc2C)c(OC)cc1Cl. The molecule has 0 amide bonds. The fourth-order valence-corrected chi connectivity index (χ4v) is 2.23. The lowest BCUT2D eigenvalue weighted by Gasteiger charge is -2.14. The molecule has 0 spiro atoms. The molecule has 0 aromatic heterocycles. The maximum absolute atomic E-state index is 6.09. The Balaban J connectivity index is 2.22. The quantitative estimate of drug-likeness (QED) is 0.892. The molecule has 1 N–H and O–H groups in total. The van der Waals surface area contributed by atoms with Gasteiger partial charge in [-0.25, -0.2) is 0 Å². The molecular formula is C16H18ClNO2. The van der Waals surface area contributed by atoms with Crippen LogP contribution >= 0.6 is 11.6 Å². The maximum Gasteiger partial charge on any atom is 0.143 e. The lowest BCUT2D eigenvalue weighted by molar-refractivity contribution is 0.404. The van der Waals surface area contributed by atoms with E-state index in [1.54, 1.807) is 20.3 Å². The van der Waals surface area contributed by atoms with Crippen LogP contribution < -0.4 is 14.8 Å². The van der Waals surface area contributed by atoms with Crippen LogP contribution in [0.25, 0.3) is 0 Å². The van der Waals surface area contributed by atoms with Crippen molar-refractivity contribution >= 4 is 17.3 Å². The Morgan fingerprint density at radius 2 is 1.75 bits per heavy atom. The van der Waals surface area contributed by atoms with Crippen molar-refractivity contribution in [2.45, 2.75) is 13.5 Å². The van der Waals surface area contributed by atoms with E-state index < -0.39 is 0 Å². The second-order valence-electron chi connectivity index (χ2n) is 4.47. The molecule has 2 aromatic rings. The highest BCUT2D eigenvalue weighted by atomic mass is 35.5. The second kappa shape index (κ2) is 6.53. The normalized spacial score (nSPS) is 10.2. The van der Waals surface area contributed by atoms with Crippen LogP contribution in [0.4, 0.5) is 5.69 Å². The van der Waals surface area contributed by atoms with E-state index in [2.05, 4.69) is 24.4 Å². The van der Waals surface area contributed by atoms with Gasteiger partial charge in [0, 0.05) is 18.7 Å². The number of hydrogen-bond donors (Lipinski definition) is 1. The predicted molar refractivity (Wildman–Crippen MR) is 83.1 cm³/mol. The summed E-state index contributed by atoms with van der Waals surface area (Å²) in [5.74, 6) is 1.32. The molecule has 2 rings (SSSR count). The van der Waals surface area contributed by atoms with Crippen LogP contribution in [0.5, 0.6) is 11.5 Å².